The second-order valence-electron chi connectivity index (χ2n) is 3.61. The fraction of sp³-hybridized carbons (Fsp3) is 0.889. The zero-order chi connectivity index (χ0) is 8.97. The van der Waals surface area contributed by atoms with Crippen LogP contribution < -0.4 is 10.6 Å². The highest BCUT2D eigenvalue weighted by Crippen LogP contribution is 2.36. The first-order chi connectivity index (χ1) is 5.74. The molecule has 0 saturated heterocycles. The lowest BCUT2D eigenvalue weighted by Gasteiger charge is -2.08. The Morgan fingerprint density at radius 1 is 1.50 bits per heavy atom. The van der Waals surface area contributed by atoms with Gasteiger partial charge >= 0.3 is 0 Å². The summed E-state index contributed by atoms with van der Waals surface area (Å²) >= 11 is 5.08. The summed E-state index contributed by atoms with van der Waals surface area (Å²) in [7, 11) is 0. The maximum absolute atomic E-state index is 5.08. The summed E-state index contributed by atoms with van der Waals surface area (Å²) < 4.78 is 0. The van der Waals surface area contributed by atoms with Crippen LogP contribution in [0.2, 0.25) is 0 Å². The molecule has 12 heavy (non-hydrogen) atoms. The van der Waals surface area contributed by atoms with Crippen molar-refractivity contribution in [3.63, 3.8) is 0 Å². The third-order valence-electron chi connectivity index (χ3n) is 2.34. The molecule has 0 amide bonds. The van der Waals surface area contributed by atoms with E-state index in [4.69, 9.17) is 12.2 Å². The molecule has 70 valence electrons. The minimum absolute atomic E-state index is 0.816. The SMILES string of the molecule is CCCNC(=S)NCC1CC1C. The lowest BCUT2D eigenvalue weighted by Crippen LogP contribution is -2.36. The lowest BCUT2D eigenvalue weighted by atomic mass is 10.3. The Kier molecular flexibility index (Phi) is 3.79. The smallest absolute Gasteiger partial charge is 0.166 e. The van der Waals surface area contributed by atoms with Crippen molar-refractivity contribution in [3.05, 3.63) is 0 Å². The van der Waals surface area contributed by atoms with Crippen LogP contribution in [0.25, 0.3) is 0 Å². The van der Waals surface area contributed by atoms with E-state index < -0.39 is 0 Å². The van der Waals surface area contributed by atoms with Gasteiger partial charge in [-0.15, -0.1) is 0 Å². The molecule has 1 aliphatic carbocycles. The highest BCUT2D eigenvalue weighted by atomic mass is 32.1. The van der Waals surface area contributed by atoms with Crippen molar-refractivity contribution in [2.45, 2.75) is 26.7 Å². The van der Waals surface area contributed by atoms with Crippen molar-refractivity contribution in [2.24, 2.45) is 11.8 Å². The van der Waals surface area contributed by atoms with Gasteiger partial charge in [0, 0.05) is 13.1 Å². The Morgan fingerprint density at radius 3 is 2.67 bits per heavy atom. The summed E-state index contributed by atoms with van der Waals surface area (Å²) in [5.41, 5.74) is 0. The van der Waals surface area contributed by atoms with E-state index >= 15 is 0 Å². The predicted molar refractivity (Wildman–Crippen MR) is 56.2 cm³/mol. The van der Waals surface area contributed by atoms with E-state index in [1.54, 1.807) is 0 Å². The Bertz CT molecular complexity index is 159. The van der Waals surface area contributed by atoms with Crippen LogP contribution in [0.3, 0.4) is 0 Å². The van der Waals surface area contributed by atoms with Gasteiger partial charge in [-0.1, -0.05) is 13.8 Å². The minimum Gasteiger partial charge on any atom is -0.363 e. The van der Waals surface area contributed by atoms with Crippen LogP contribution in [-0.2, 0) is 0 Å². The van der Waals surface area contributed by atoms with Crippen molar-refractivity contribution < 1.29 is 0 Å². The van der Waals surface area contributed by atoms with Gasteiger partial charge in [0.1, 0.15) is 0 Å². The molecule has 1 rings (SSSR count). The van der Waals surface area contributed by atoms with Crippen molar-refractivity contribution in [1.29, 1.82) is 0 Å². The van der Waals surface area contributed by atoms with Gasteiger partial charge in [-0.3, -0.25) is 0 Å². The van der Waals surface area contributed by atoms with E-state index in [9.17, 15) is 0 Å². The lowest BCUT2D eigenvalue weighted by molar-refractivity contribution is 0.699. The van der Waals surface area contributed by atoms with Gasteiger partial charge in [0.15, 0.2) is 5.11 Å². The monoisotopic (exact) mass is 186 g/mol. The van der Waals surface area contributed by atoms with E-state index in [0.29, 0.717) is 0 Å². The second-order valence-corrected chi connectivity index (χ2v) is 4.02. The first-order valence-corrected chi connectivity index (χ1v) is 5.16. The number of hydrogen-bond donors (Lipinski definition) is 2. The average Bonchev–Trinajstić information content (AvgIpc) is 2.75. The molecular weight excluding hydrogens is 168 g/mol. The number of hydrogen-bond acceptors (Lipinski definition) is 1. The molecule has 2 atom stereocenters. The molecule has 2 unspecified atom stereocenters. The molecule has 0 heterocycles. The van der Waals surface area contributed by atoms with E-state index in [1.165, 1.54) is 6.42 Å². The molecule has 3 heteroatoms. The molecular formula is C9H18N2S. The molecule has 0 aromatic heterocycles. The molecule has 0 spiro atoms. The quantitative estimate of drug-likeness (QED) is 0.651. The molecule has 0 aromatic carbocycles. The van der Waals surface area contributed by atoms with Crippen LogP contribution in [0.1, 0.15) is 26.7 Å². The van der Waals surface area contributed by atoms with Crippen molar-refractivity contribution in [2.75, 3.05) is 13.1 Å². The van der Waals surface area contributed by atoms with Crippen molar-refractivity contribution in [1.82, 2.24) is 10.6 Å². The maximum Gasteiger partial charge on any atom is 0.166 e. The largest absolute Gasteiger partial charge is 0.363 e. The third kappa shape index (κ3) is 3.39. The Labute approximate surface area is 80.1 Å². The summed E-state index contributed by atoms with van der Waals surface area (Å²) in [4.78, 5) is 0. The summed E-state index contributed by atoms with van der Waals surface area (Å²) in [6, 6.07) is 0. The first kappa shape index (κ1) is 9.78. The molecule has 1 fully saturated rings. The topological polar surface area (TPSA) is 24.1 Å². The van der Waals surface area contributed by atoms with E-state index in [2.05, 4.69) is 24.5 Å². The maximum atomic E-state index is 5.08. The molecule has 1 aliphatic rings. The van der Waals surface area contributed by atoms with Gasteiger partial charge in [0.05, 0.1) is 0 Å². The van der Waals surface area contributed by atoms with Gasteiger partial charge in [-0.2, -0.15) is 0 Å². The molecule has 0 bridgehead atoms. The Hall–Kier alpha value is -0.310. The highest BCUT2D eigenvalue weighted by molar-refractivity contribution is 7.80. The van der Waals surface area contributed by atoms with Crippen LogP contribution in [0.4, 0.5) is 0 Å². The third-order valence-corrected chi connectivity index (χ3v) is 2.63. The van der Waals surface area contributed by atoms with Crippen LogP contribution >= 0.6 is 12.2 Å². The van der Waals surface area contributed by atoms with E-state index in [-0.39, 0.29) is 0 Å². The highest BCUT2D eigenvalue weighted by Gasteiger charge is 2.31. The molecule has 0 radical (unpaired) electrons. The number of nitrogens with one attached hydrogen (secondary N) is 2. The van der Waals surface area contributed by atoms with Crippen LogP contribution in [-0.4, -0.2) is 18.2 Å². The fourth-order valence-electron chi connectivity index (χ4n) is 1.21. The molecule has 0 aliphatic heterocycles. The summed E-state index contributed by atoms with van der Waals surface area (Å²) in [5.74, 6) is 1.78. The number of rotatable bonds is 4. The summed E-state index contributed by atoms with van der Waals surface area (Å²) in [6.45, 7) is 6.45. The van der Waals surface area contributed by atoms with Crippen LogP contribution in [0.15, 0.2) is 0 Å². The predicted octanol–water partition coefficient (Wildman–Crippen LogP) is 1.52. The van der Waals surface area contributed by atoms with E-state index in [0.717, 1.165) is 36.5 Å². The zero-order valence-electron chi connectivity index (χ0n) is 7.89. The van der Waals surface area contributed by atoms with Gasteiger partial charge in [0.25, 0.3) is 0 Å². The first-order valence-electron chi connectivity index (χ1n) is 4.75. The van der Waals surface area contributed by atoms with Crippen molar-refractivity contribution >= 4 is 17.3 Å². The normalized spacial score (nSPS) is 26.5. The van der Waals surface area contributed by atoms with E-state index in [1.807, 2.05) is 0 Å². The van der Waals surface area contributed by atoms with Gasteiger partial charge in [-0.25, -0.2) is 0 Å². The molecule has 2 nitrogen and oxygen atoms in total. The zero-order valence-corrected chi connectivity index (χ0v) is 8.71. The fourth-order valence-corrected chi connectivity index (χ4v) is 1.39. The molecule has 2 N–H and O–H groups in total. The number of thiocarbonyl (C=S) groups is 1. The van der Waals surface area contributed by atoms with Gasteiger partial charge < -0.3 is 10.6 Å². The van der Waals surface area contributed by atoms with Crippen LogP contribution in [0.5, 0.6) is 0 Å². The summed E-state index contributed by atoms with van der Waals surface area (Å²) in [6.07, 6.45) is 2.49. The Morgan fingerprint density at radius 2 is 2.17 bits per heavy atom. The van der Waals surface area contributed by atoms with Crippen molar-refractivity contribution in [3.8, 4) is 0 Å². The Balaban J connectivity index is 1.95. The standard InChI is InChI=1S/C9H18N2S/c1-3-4-10-9(12)11-6-8-5-7(8)2/h7-8H,3-6H2,1-2H3,(H2,10,11,12). The molecule has 0 aromatic rings. The second kappa shape index (κ2) is 4.65. The summed E-state index contributed by atoms with van der Waals surface area (Å²) in [5, 5.41) is 7.20. The average molecular weight is 186 g/mol. The molecule has 1 saturated carbocycles. The van der Waals surface area contributed by atoms with Gasteiger partial charge in [-0.05, 0) is 36.9 Å². The minimum atomic E-state index is 0.816. The van der Waals surface area contributed by atoms with Crippen LogP contribution in [0, 0.1) is 11.8 Å². The van der Waals surface area contributed by atoms with Gasteiger partial charge in [0.2, 0.25) is 0 Å².